The van der Waals surface area contributed by atoms with Gasteiger partial charge in [-0.05, 0) is 42.5 Å². The van der Waals surface area contributed by atoms with Crippen LogP contribution in [-0.2, 0) is 0 Å². The average Bonchev–Trinajstić information content (AvgIpc) is 3.02. The largest absolute Gasteiger partial charge is 0.348 e. The number of halogens is 2. The van der Waals surface area contributed by atoms with E-state index in [-0.39, 0.29) is 0 Å². The number of piperidine rings is 1. The van der Waals surface area contributed by atoms with Crippen LogP contribution in [0.2, 0.25) is 10.0 Å². The van der Waals surface area contributed by atoms with E-state index in [0.29, 0.717) is 16.0 Å². The number of fused-ring (bicyclic) bond motifs is 1. The second-order valence-corrected chi connectivity index (χ2v) is 7.66. The summed E-state index contributed by atoms with van der Waals surface area (Å²) < 4.78 is 1.25. The highest BCUT2D eigenvalue weighted by Crippen LogP contribution is 2.38. The monoisotopic (exact) mass is 362 g/mol. The summed E-state index contributed by atoms with van der Waals surface area (Å²) in [5.74, 6) is 0.479. The molecule has 0 atom stereocenters. The lowest BCUT2D eigenvalue weighted by atomic mass is 9.89. The number of anilines is 1. The molecule has 0 amide bonds. The molecule has 23 heavy (non-hydrogen) atoms. The molecule has 0 N–H and O–H groups in total. The average molecular weight is 363 g/mol. The van der Waals surface area contributed by atoms with E-state index in [4.69, 9.17) is 28.2 Å². The van der Waals surface area contributed by atoms with E-state index < -0.39 is 0 Å². The lowest BCUT2D eigenvalue weighted by Gasteiger charge is -2.32. The van der Waals surface area contributed by atoms with E-state index in [0.717, 1.165) is 36.6 Å². The first-order chi connectivity index (χ1) is 11.2. The van der Waals surface area contributed by atoms with Gasteiger partial charge in [0.15, 0.2) is 5.13 Å². The zero-order valence-corrected chi connectivity index (χ0v) is 14.8. The second kappa shape index (κ2) is 6.31. The van der Waals surface area contributed by atoms with Crippen molar-refractivity contribution >= 4 is 49.9 Å². The second-order valence-electron chi connectivity index (χ2n) is 5.87. The quantitative estimate of drug-likeness (QED) is 0.556. The van der Waals surface area contributed by atoms with Crippen LogP contribution in [0.15, 0.2) is 42.5 Å². The van der Waals surface area contributed by atoms with Crippen molar-refractivity contribution in [3.05, 3.63) is 58.1 Å². The number of hydrogen-bond acceptors (Lipinski definition) is 3. The number of hydrogen-bond donors (Lipinski definition) is 0. The third-order valence-electron chi connectivity index (χ3n) is 4.47. The number of thiazole rings is 1. The predicted octanol–water partition coefficient (Wildman–Crippen LogP) is 5.99. The molecule has 0 saturated carbocycles. The van der Waals surface area contributed by atoms with Gasteiger partial charge in [-0.2, -0.15) is 0 Å². The highest BCUT2D eigenvalue weighted by atomic mass is 35.5. The summed E-state index contributed by atoms with van der Waals surface area (Å²) in [6, 6.07) is 14.3. The maximum absolute atomic E-state index is 6.38. The van der Waals surface area contributed by atoms with Gasteiger partial charge in [0.25, 0.3) is 0 Å². The van der Waals surface area contributed by atoms with E-state index >= 15 is 0 Å². The molecule has 5 heteroatoms. The van der Waals surface area contributed by atoms with Crippen LogP contribution in [0, 0.1) is 0 Å². The van der Waals surface area contributed by atoms with Crippen LogP contribution >= 0.6 is 34.5 Å². The van der Waals surface area contributed by atoms with Crippen molar-refractivity contribution in [3.63, 3.8) is 0 Å². The fourth-order valence-corrected chi connectivity index (χ4v) is 4.69. The number of nitrogens with zero attached hydrogens (tertiary/aromatic N) is 2. The molecule has 1 aromatic heterocycles. The van der Waals surface area contributed by atoms with Gasteiger partial charge in [0.05, 0.1) is 20.3 Å². The molecule has 118 valence electrons. The summed E-state index contributed by atoms with van der Waals surface area (Å²) >= 11 is 14.3. The minimum absolute atomic E-state index is 0.479. The molecule has 4 rings (SSSR count). The fourth-order valence-electron chi connectivity index (χ4n) is 3.21. The molecule has 1 saturated heterocycles. The Morgan fingerprint density at radius 1 is 1.00 bits per heavy atom. The number of para-hydroxylation sites is 1. The molecule has 1 aliphatic heterocycles. The van der Waals surface area contributed by atoms with Gasteiger partial charge in [-0.3, -0.25) is 0 Å². The molecule has 1 fully saturated rings. The Bertz CT molecular complexity index is 805. The Morgan fingerprint density at radius 3 is 2.57 bits per heavy atom. The molecule has 0 unspecified atom stereocenters. The minimum atomic E-state index is 0.479. The van der Waals surface area contributed by atoms with Gasteiger partial charge < -0.3 is 4.90 Å². The van der Waals surface area contributed by atoms with E-state index in [1.54, 1.807) is 11.3 Å². The van der Waals surface area contributed by atoms with Gasteiger partial charge in [-0.15, -0.1) is 0 Å². The third kappa shape index (κ3) is 2.93. The standard InChI is InChI=1S/C18H16Cl2N2S/c19-14-5-3-4-13(17(14)20)12-8-10-22(11-9-12)18-21-15-6-1-2-7-16(15)23-18/h1-7,12H,8-11H2. The Morgan fingerprint density at radius 2 is 1.78 bits per heavy atom. The number of rotatable bonds is 2. The Hall–Kier alpha value is -1.29. The molecule has 1 aliphatic rings. The number of aromatic nitrogens is 1. The Balaban J connectivity index is 1.51. The van der Waals surface area contributed by atoms with Gasteiger partial charge in [-0.25, -0.2) is 4.98 Å². The van der Waals surface area contributed by atoms with Crippen molar-refractivity contribution < 1.29 is 0 Å². The van der Waals surface area contributed by atoms with Crippen LogP contribution in [0.3, 0.4) is 0 Å². The fraction of sp³-hybridized carbons (Fsp3) is 0.278. The van der Waals surface area contributed by atoms with Crippen LogP contribution in [0.25, 0.3) is 10.2 Å². The van der Waals surface area contributed by atoms with Gasteiger partial charge >= 0.3 is 0 Å². The van der Waals surface area contributed by atoms with Crippen LogP contribution < -0.4 is 4.90 Å². The highest BCUT2D eigenvalue weighted by Gasteiger charge is 2.24. The van der Waals surface area contributed by atoms with Crippen LogP contribution in [0.4, 0.5) is 5.13 Å². The van der Waals surface area contributed by atoms with E-state index in [9.17, 15) is 0 Å². The lowest BCUT2D eigenvalue weighted by molar-refractivity contribution is 0.505. The summed E-state index contributed by atoms with van der Waals surface area (Å²) in [5, 5.41) is 2.49. The molecular weight excluding hydrogens is 347 g/mol. The third-order valence-corrected chi connectivity index (χ3v) is 6.40. The summed E-state index contributed by atoms with van der Waals surface area (Å²) in [7, 11) is 0. The van der Waals surface area contributed by atoms with Crippen molar-refractivity contribution in [2.24, 2.45) is 0 Å². The summed E-state index contributed by atoms with van der Waals surface area (Å²) in [4.78, 5) is 7.15. The van der Waals surface area contributed by atoms with Crippen molar-refractivity contribution in [2.45, 2.75) is 18.8 Å². The van der Waals surface area contributed by atoms with E-state index in [2.05, 4.69) is 29.2 Å². The van der Waals surface area contributed by atoms with Gasteiger partial charge in [0.1, 0.15) is 0 Å². The van der Waals surface area contributed by atoms with E-state index in [1.807, 2.05) is 18.2 Å². The van der Waals surface area contributed by atoms with Crippen LogP contribution in [0.5, 0.6) is 0 Å². The maximum atomic E-state index is 6.38. The normalized spacial score (nSPS) is 16.2. The number of benzene rings is 2. The zero-order valence-electron chi connectivity index (χ0n) is 12.5. The first kappa shape index (κ1) is 15.3. The Kier molecular flexibility index (Phi) is 4.18. The first-order valence-corrected chi connectivity index (χ1v) is 9.34. The molecule has 2 nitrogen and oxygen atoms in total. The molecular formula is C18H16Cl2N2S. The van der Waals surface area contributed by atoms with Gasteiger partial charge in [0, 0.05) is 13.1 Å². The smallest absolute Gasteiger partial charge is 0.186 e. The van der Waals surface area contributed by atoms with Crippen LogP contribution in [0.1, 0.15) is 24.3 Å². The summed E-state index contributed by atoms with van der Waals surface area (Å²) in [6.07, 6.45) is 2.16. The summed E-state index contributed by atoms with van der Waals surface area (Å²) in [6.45, 7) is 2.01. The van der Waals surface area contributed by atoms with Crippen molar-refractivity contribution in [2.75, 3.05) is 18.0 Å². The highest BCUT2D eigenvalue weighted by molar-refractivity contribution is 7.22. The molecule has 0 radical (unpaired) electrons. The Labute approximate surface area is 149 Å². The summed E-state index contributed by atoms with van der Waals surface area (Å²) in [5.41, 5.74) is 2.27. The van der Waals surface area contributed by atoms with Crippen molar-refractivity contribution in [1.29, 1.82) is 0 Å². The molecule has 0 bridgehead atoms. The topological polar surface area (TPSA) is 16.1 Å². The molecule has 0 aliphatic carbocycles. The van der Waals surface area contributed by atoms with Gasteiger partial charge in [0.2, 0.25) is 0 Å². The van der Waals surface area contributed by atoms with E-state index in [1.165, 1.54) is 10.3 Å². The molecule has 0 spiro atoms. The minimum Gasteiger partial charge on any atom is -0.348 e. The SMILES string of the molecule is Clc1cccc(C2CCN(c3nc4ccccc4s3)CC2)c1Cl. The molecule has 2 aromatic carbocycles. The van der Waals surface area contributed by atoms with Crippen LogP contribution in [-0.4, -0.2) is 18.1 Å². The van der Waals surface area contributed by atoms with Crippen molar-refractivity contribution in [3.8, 4) is 0 Å². The zero-order chi connectivity index (χ0) is 15.8. The molecule has 3 aromatic rings. The first-order valence-electron chi connectivity index (χ1n) is 7.77. The maximum Gasteiger partial charge on any atom is 0.186 e. The van der Waals surface area contributed by atoms with Gasteiger partial charge in [-0.1, -0.05) is 58.8 Å². The lowest BCUT2D eigenvalue weighted by Crippen LogP contribution is -2.32. The molecule has 2 heterocycles. The van der Waals surface area contributed by atoms with Crippen molar-refractivity contribution in [1.82, 2.24) is 4.98 Å². The predicted molar refractivity (Wildman–Crippen MR) is 100 cm³/mol.